The molecule has 2 aromatic carbocycles. The van der Waals surface area contributed by atoms with E-state index in [9.17, 15) is 0 Å². The van der Waals surface area contributed by atoms with Crippen LogP contribution >= 0.6 is 12.4 Å². The summed E-state index contributed by atoms with van der Waals surface area (Å²) in [4.78, 5) is 0. The maximum atomic E-state index is 6.41. The summed E-state index contributed by atoms with van der Waals surface area (Å²) in [5, 5.41) is 3.42. The zero-order valence-electron chi connectivity index (χ0n) is 13.2. The summed E-state index contributed by atoms with van der Waals surface area (Å²) in [6, 6.07) is 21.7. The molecule has 2 unspecified atom stereocenters. The van der Waals surface area contributed by atoms with Gasteiger partial charge in [0, 0.05) is 18.6 Å². The molecule has 0 aromatic heterocycles. The Kier molecular flexibility index (Phi) is 5.63. The lowest BCUT2D eigenvalue weighted by atomic mass is 9.73. The van der Waals surface area contributed by atoms with Crippen LogP contribution in [0.1, 0.15) is 24.5 Å². The molecule has 1 N–H and O–H groups in total. The number of ether oxygens (including phenoxy) is 1. The van der Waals surface area contributed by atoms with Crippen LogP contribution in [0.3, 0.4) is 0 Å². The summed E-state index contributed by atoms with van der Waals surface area (Å²) in [6.45, 7) is 3.06. The second-order valence-corrected chi connectivity index (χ2v) is 5.79. The van der Waals surface area contributed by atoms with Crippen LogP contribution in [-0.2, 0) is 10.3 Å². The largest absolute Gasteiger partial charge is 0.365 e. The minimum atomic E-state index is -0.342. The van der Waals surface area contributed by atoms with Crippen molar-refractivity contribution in [3.8, 4) is 0 Å². The van der Waals surface area contributed by atoms with Gasteiger partial charge in [0.05, 0.1) is 0 Å². The number of benzene rings is 2. The summed E-state index contributed by atoms with van der Waals surface area (Å²) < 4.78 is 6.41. The molecule has 0 spiro atoms. The minimum absolute atomic E-state index is 0. The molecule has 0 saturated carbocycles. The van der Waals surface area contributed by atoms with E-state index in [4.69, 9.17) is 4.74 Å². The lowest BCUT2D eigenvalue weighted by molar-refractivity contribution is 0.00272. The Morgan fingerprint density at radius 1 is 1.00 bits per heavy atom. The number of hydrogen-bond acceptors (Lipinski definition) is 2. The van der Waals surface area contributed by atoms with Crippen molar-refractivity contribution in [2.24, 2.45) is 5.92 Å². The van der Waals surface area contributed by atoms with Gasteiger partial charge in [0.15, 0.2) is 0 Å². The molecule has 1 saturated heterocycles. The van der Waals surface area contributed by atoms with Gasteiger partial charge in [0.2, 0.25) is 0 Å². The van der Waals surface area contributed by atoms with Crippen molar-refractivity contribution in [1.29, 1.82) is 0 Å². The highest BCUT2D eigenvalue weighted by molar-refractivity contribution is 5.85. The summed E-state index contributed by atoms with van der Waals surface area (Å²) in [7, 11) is 2.03. The third-order valence-electron chi connectivity index (χ3n) is 4.74. The van der Waals surface area contributed by atoms with Crippen LogP contribution in [0.15, 0.2) is 60.7 Å². The van der Waals surface area contributed by atoms with Crippen LogP contribution in [0.2, 0.25) is 0 Å². The predicted octanol–water partition coefficient (Wildman–Crippen LogP) is 4.00. The van der Waals surface area contributed by atoms with Crippen LogP contribution in [0.4, 0.5) is 0 Å². The van der Waals surface area contributed by atoms with Gasteiger partial charge in [0.1, 0.15) is 5.60 Å². The van der Waals surface area contributed by atoms with Crippen LogP contribution in [0.25, 0.3) is 0 Å². The summed E-state index contributed by atoms with van der Waals surface area (Å²) >= 11 is 0. The highest BCUT2D eigenvalue weighted by Gasteiger charge is 2.48. The molecule has 3 rings (SSSR count). The molecule has 1 aliphatic heterocycles. The Balaban J connectivity index is 0.00000176. The molecular formula is C19H24ClNO. The molecule has 22 heavy (non-hydrogen) atoms. The van der Waals surface area contributed by atoms with E-state index >= 15 is 0 Å². The monoisotopic (exact) mass is 317 g/mol. The first-order valence-electron chi connectivity index (χ1n) is 7.71. The van der Waals surface area contributed by atoms with Crippen molar-refractivity contribution in [2.75, 3.05) is 13.7 Å². The summed E-state index contributed by atoms with van der Waals surface area (Å²) in [5.74, 6) is 0.423. The molecule has 0 amide bonds. The molecule has 0 bridgehead atoms. The average Bonchev–Trinajstić information content (AvgIpc) is 3.02. The fourth-order valence-electron chi connectivity index (χ4n) is 3.59. The lowest BCUT2D eigenvalue weighted by Crippen LogP contribution is -2.43. The Hall–Kier alpha value is -1.35. The van der Waals surface area contributed by atoms with E-state index in [-0.39, 0.29) is 18.0 Å². The minimum Gasteiger partial charge on any atom is -0.365 e. The van der Waals surface area contributed by atoms with Crippen molar-refractivity contribution in [2.45, 2.75) is 25.0 Å². The number of rotatable bonds is 4. The summed E-state index contributed by atoms with van der Waals surface area (Å²) in [6.07, 6.45) is 1.08. The lowest BCUT2D eigenvalue weighted by Gasteiger charge is -2.38. The van der Waals surface area contributed by atoms with Gasteiger partial charge in [0.25, 0.3) is 0 Å². The maximum absolute atomic E-state index is 6.41. The molecule has 2 atom stereocenters. The van der Waals surface area contributed by atoms with Gasteiger partial charge in [-0.25, -0.2) is 0 Å². The molecular weight excluding hydrogens is 294 g/mol. The Morgan fingerprint density at radius 2 is 1.50 bits per heavy atom. The molecule has 0 radical (unpaired) electrons. The van der Waals surface area contributed by atoms with E-state index in [0.29, 0.717) is 12.0 Å². The van der Waals surface area contributed by atoms with Crippen molar-refractivity contribution >= 4 is 12.4 Å². The van der Waals surface area contributed by atoms with Crippen LogP contribution < -0.4 is 5.32 Å². The van der Waals surface area contributed by atoms with Gasteiger partial charge in [-0.1, -0.05) is 60.7 Å². The molecule has 1 heterocycles. The van der Waals surface area contributed by atoms with E-state index in [2.05, 4.69) is 72.9 Å². The quantitative estimate of drug-likeness (QED) is 0.920. The highest BCUT2D eigenvalue weighted by atomic mass is 35.5. The van der Waals surface area contributed by atoms with Crippen molar-refractivity contribution in [3.05, 3.63) is 71.8 Å². The molecule has 1 aliphatic rings. The first kappa shape index (κ1) is 17.0. The average molecular weight is 318 g/mol. The Morgan fingerprint density at radius 3 is 1.95 bits per heavy atom. The van der Waals surface area contributed by atoms with Gasteiger partial charge in [-0.2, -0.15) is 0 Å². The molecule has 3 heteroatoms. The molecule has 1 fully saturated rings. The van der Waals surface area contributed by atoms with E-state index in [1.807, 2.05) is 7.05 Å². The SMILES string of the molecule is CNC(C)C1CCOC1(c1ccccc1)c1ccccc1.Cl. The maximum Gasteiger partial charge on any atom is 0.122 e. The molecule has 2 nitrogen and oxygen atoms in total. The van der Waals surface area contributed by atoms with Crippen LogP contribution in [0.5, 0.6) is 0 Å². The van der Waals surface area contributed by atoms with Crippen LogP contribution in [0, 0.1) is 5.92 Å². The topological polar surface area (TPSA) is 21.3 Å². The second kappa shape index (κ2) is 7.28. The van der Waals surface area contributed by atoms with Gasteiger partial charge in [-0.3, -0.25) is 0 Å². The van der Waals surface area contributed by atoms with Gasteiger partial charge in [-0.15, -0.1) is 12.4 Å². The van der Waals surface area contributed by atoms with E-state index in [0.717, 1.165) is 13.0 Å². The van der Waals surface area contributed by atoms with Gasteiger partial charge >= 0.3 is 0 Å². The number of halogens is 1. The second-order valence-electron chi connectivity index (χ2n) is 5.79. The van der Waals surface area contributed by atoms with Crippen molar-refractivity contribution in [1.82, 2.24) is 5.32 Å². The van der Waals surface area contributed by atoms with E-state index in [1.165, 1.54) is 11.1 Å². The predicted molar refractivity (Wildman–Crippen MR) is 93.5 cm³/mol. The number of hydrogen-bond donors (Lipinski definition) is 1. The fourth-order valence-corrected chi connectivity index (χ4v) is 3.59. The molecule has 118 valence electrons. The van der Waals surface area contributed by atoms with Crippen LogP contribution in [-0.4, -0.2) is 19.7 Å². The standard InChI is InChI=1S/C19H23NO.ClH/c1-15(20-2)18-13-14-21-19(18,16-9-5-3-6-10-16)17-11-7-4-8-12-17;/h3-12,15,18,20H,13-14H2,1-2H3;1H. The fraction of sp³-hybridized carbons (Fsp3) is 0.368. The van der Waals surface area contributed by atoms with Gasteiger partial charge < -0.3 is 10.1 Å². The zero-order chi connectivity index (χ0) is 14.7. The Labute approximate surface area is 139 Å². The normalized spacial score (nSPS) is 21.1. The highest BCUT2D eigenvalue weighted by Crippen LogP contribution is 2.47. The van der Waals surface area contributed by atoms with Crippen molar-refractivity contribution in [3.63, 3.8) is 0 Å². The smallest absolute Gasteiger partial charge is 0.122 e. The molecule has 2 aromatic rings. The van der Waals surface area contributed by atoms with Crippen molar-refractivity contribution < 1.29 is 4.74 Å². The Bertz CT molecular complexity index is 533. The zero-order valence-corrected chi connectivity index (χ0v) is 14.0. The first-order valence-corrected chi connectivity index (χ1v) is 7.71. The van der Waals surface area contributed by atoms with Gasteiger partial charge in [-0.05, 0) is 31.5 Å². The summed E-state index contributed by atoms with van der Waals surface area (Å²) in [5.41, 5.74) is 2.16. The number of nitrogens with one attached hydrogen (secondary N) is 1. The van der Waals surface area contributed by atoms with E-state index < -0.39 is 0 Å². The molecule has 0 aliphatic carbocycles. The first-order chi connectivity index (χ1) is 10.3. The third kappa shape index (κ3) is 2.79. The van der Waals surface area contributed by atoms with E-state index in [1.54, 1.807) is 0 Å². The third-order valence-corrected chi connectivity index (χ3v) is 4.74.